The van der Waals surface area contributed by atoms with Gasteiger partial charge in [0.1, 0.15) is 22.5 Å². The molecule has 3 aromatic heterocycles. The van der Waals surface area contributed by atoms with Crippen LogP contribution in [0.3, 0.4) is 0 Å². The van der Waals surface area contributed by atoms with Gasteiger partial charge in [0.15, 0.2) is 0 Å². The van der Waals surface area contributed by atoms with E-state index in [-0.39, 0.29) is 16.6 Å². The third-order valence-electron chi connectivity index (χ3n) is 4.80. The molecular weight excluding hydrogens is 405 g/mol. The number of carboxylic acids is 2. The number of nitrogens with zero attached hydrogens (tertiary/aromatic N) is 4. The highest BCUT2D eigenvalue weighted by molar-refractivity contribution is 6.13. The lowest BCUT2D eigenvalue weighted by Gasteiger charge is -2.06. The maximum absolute atomic E-state index is 13.6. The lowest BCUT2D eigenvalue weighted by molar-refractivity contribution is 0.0683. The topological polar surface area (TPSA) is 134 Å². The highest BCUT2D eigenvalue weighted by Gasteiger charge is 2.19. The molecule has 0 saturated heterocycles. The fourth-order valence-electron chi connectivity index (χ4n) is 3.40. The normalized spacial score (nSPS) is 11.3. The van der Waals surface area contributed by atoms with Gasteiger partial charge >= 0.3 is 11.9 Å². The second-order valence-electron chi connectivity index (χ2n) is 6.76. The average molecular weight is 417 g/mol. The molecule has 3 heterocycles. The number of aromatic nitrogens is 5. The zero-order valence-electron chi connectivity index (χ0n) is 15.6. The summed E-state index contributed by atoms with van der Waals surface area (Å²) in [5.74, 6) is -2.79. The summed E-state index contributed by atoms with van der Waals surface area (Å²) in [5.41, 5.74) is 2.10. The number of aromatic amines is 1. The van der Waals surface area contributed by atoms with E-state index in [1.165, 1.54) is 41.3 Å². The molecule has 31 heavy (non-hydrogen) atoms. The molecule has 0 bridgehead atoms. The number of nitrogens with one attached hydrogen (secondary N) is 1. The molecule has 0 amide bonds. The third kappa shape index (κ3) is 3.06. The predicted octanol–water partition coefficient (Wildman–Crippen LogP) is 3.50. The van der Waals surface area contributed by atoms with E-state index in [2.05, 4.69) is 20.2 Å². The van der Waals surface area contributed by atoms with Gasteiger partial charge in [-0.15, -0.1) is 10.2 Å². The Kier molecular flexibility index (Phi) is 4.00. The predicted molar refractivity (Wildman–Crippen MR) is 108 cm³/mol. The SMILES string of the molecule is O=C(O)c1cc(-c2cc(C(=O)O)c3c(ccc4nn(-c5cccc(F)c5)nc43)n2)c[nH]1. The molecule has 0 saturated carbocycles. The summed E-state index contributed by atoms with van der Waals surface area (Å²) in [6.45, 7) is 0. The van der Waals surface area contributed by atoms with Crippen molar-refractivity contribution >= 4 is 33.9 Å². The molecule has 0 unspecified atom stereocenters. The largest absolute Gasteiger partial charge is 0.478 e. The molecule has 0 aliphatic rings. The first-order chi connectivity index (χ1) is 14.9. The number of hydrogen-bond acceptors (Lipinski definition) is 5. The molecule has 5 aromatic rings. The molecule has 5 rings (SSSR count). The van der Waals surface area contributed by atoms with E-state index in [4.69, 9.17) is 5.11 Å². The van der Waals surface area contributed by atoms with E-state index in [0.29, 0.717) is 33.5 Å². The minimum atomic E-state index is -1.20. The van der Waals surface area contributed by atoms with Crippen LogP contribution in [0.1, 0.15) is 20.8 Å². The van der Waals surface area contributed by atoms with Gasteiger partial charge in [0.25, 0.3) is 0 Å². The van der Waals surface area contributed by atoms with Crippen LogP contribution in [0.2, 0.25) is 0 Å². The van der Waals surface area contributed by atoms with E-state index < -0.39 is 17.8 Å². The fourth-order valence-corrected chi connectivity index (χ4v) is 3.40. The average Bonchev–Trinajstić information content (AvgIpc) is 3.40. The Morgan fingerprint density at radius 1 is 0.968 bits per heavy atom. The standard InChI is InChI=1S/C21H12FN5O4/c22-11-2-1-3-12(7-11)27-25-15-5-4-14-18(19(15)26-27)13(20(28)29)8-16(24-14)10-6-17(21(30)31)23-9-10/h1-9,23H,(H,28,29)(H,30,31). The molecule has 0 fully saturated rings. The molecular formula is C21H12FN5O4. The Hall–Kier alpha value is -4.60. The molecule has 0 spiro atoms. The highest BCUT2D eigenvalue weighted by Crippen LogP contribution is 2.30. The van der Waals surface area contributed by atoms with Gasteiger partial charge in [-0.2, -0.15) is 4.80 Å². The summed E-state index contributed by atoms with van der Waals surface area (Å²) in [6.07, 6.45) is 1.45. The molecule has 0 aliphatic carbocycles. The van der Waals surface area contributed by atoms with Crippen LogP contribution >= 0.6 is 0 Å². The van der Waals surface area contributed by atoms with Gasteiger partial charge in [0.05, 0.1) is 22.5 Å². The molecule has 3 N–H and O–H groups in total. The number of carbonyl (C=O) groups is 2. The van der Waals surface area contributed by atoms with Crippen molar-refractivity contribution in [3.05, 3.63) is 71.8 Å². The monoisotopic (exact) mass is 417 g/mol. The first kappa shape index (κ1) is 18.4. The van der Waals surface area contributed by atoms with Crippen LogP contribution in [0.25, 0.3) is 38.9 Å². The number of hydrogen-bond donors (Lipinski definition) is 3. The summed E-state index contributed by atoms with van der Waals surface area (Å²) in [4.78, 5) is 31.5. The second kappa shape index (κ2) is 6.73. The number of fused-ring (bicyclic) bond motifs is 3. The van der Waals surface area contributed by atoms with Gasteiger partial charge < -0.3 is 15.2 Å². The number of pyridine rings is 1. The van der Waals surface area contributed by atoms with Crippen LogP contribution in [0, 0.1) is 5.82 Å². The number of carboxylic acid groups (broad SMARTS) is 2. The Labute approximate surface area is 172 Å². The maximum atomic E-state index is 13.6. The van der Waals surface area contributed by atoms with E-state index in [1.807, 2.05) is 0 Å². The minimum Gasteiger partial charge on any atom is -0.478 e. The van der Waals surface area contributed by atoms with Crippen molar-refractivity contribution in [1.82, 2.24) is 25.0 Å². The van der Waals surface area contributed by atoms with Crippen molar-refractivity contribution in [3.63, 3.8) is 0 Å². The number of halogens is 1. The molecule has 10 heteroatoms. The van der Waals surface area contributed by atoms with Crippen LogP contribution in [-0.4, -0.2) is 47.1 Å². The Morgan fingerprint density at radius 3 is 2.48 bits per heavy atom. The van der Waals surface area contributed by atoms with Crippen LogP contribution in [0.4, 0.5) is 4.39 Å². The summed E-state index contributed by atoms with van der Waals surface area (Å²) >= 11 is 0. The molecule has 2 aromatic carbocycles. The van der Waals surface area contributed by atoms with E-state index in [0.717, 1.165) is 0 Å². The molecule has 0 atom stereocenters. The van der Waals surface area contributed by atoms with E-state index >= 15 is 0 Å². The quantitative estimate of drug-likeness (QED) is 0.407. The summed E-state index contributed by atoms with van der Waals surface area (Å²) in [6, 6.07) is 11.7. The van der Waals surface area contributed by atoms with Gasteiger partial charge in [-0.1, -0.05) is 6.07 Å². The van der Waals surface area contributed by atoms with Crippen LogP contribution in [0.5, 0.6) is 0 Å². The first-order valence-electron chi connectivity index (χ1n) is 9.03. The summed E-state index contributed by atoms with van der Waals surface area (Å²) < 4.78 is 13.6. The first-order valence-corrected chi connectivity index (χ1v) is 9.03. The van der Waals surface area contributed by atoms with Gasteiger partial charge in [-0.3, -0.25) is 0 Å². The zero-order chi connectivity index (χ0) is 21.7. The molecule has 152 valence electrons. The van der Waals surface area contributed by atoms with E-state index in [9.17, 15) is 19.1 Å². The van der Waals surface area contributed by atoms with Gasteiger partial charge in [-0.25, -0.2) is 19.0 Å². The van der Waals surface area contributed by atoms with Crippen molar-refractivity contribution in [2.75, 3.05) is 0 Å². The molecule has 0 aliphatic heterocycles. The van der Waals surface area contributed by atoms with Crippen LogP contribution in [0.15, 0.2) is 54.7 Å². The number of H-pyrrole nitrogens is 1. The van der Waals surface area contributed by atoms with E-state index in [1.54, 1.807) is 18.2 Å². The number of benzene rings is 2. The van der Waals surface area contributed by atoms with Crippen molar-refractivity contribution in [1.29, 1.82) is 0 Å². The Balaban J connectivity index is 1.75. The fraction of sp³-hybridized carbons (Fsp3) is 0. The Morgan fingerprint density at radius 2 is 1.77 bits per heavy atom. The van der Waals surface area contributed by atoms with Crippen molar-refractivity contribution in [2.45, 2.75) is 0 Å². The lowest BCUT2D eigenvalue weighted by Crippen LogP contribution is -2.01. The van der Waals surface area contributed by atoms with Crippen molar-refractivity contribution in [2.24, 2.45) is 0 Å². The maximum Gasteiger partial charge on any atom is 0.352 e. The van der Waals surface area contributed by atoms with Crippen molar-refractivity contribution < 1.29 is 24.2 Å². The number of rotatable bonds is 4. The minimum absolute atomic E-state index is 0.0396. The number of aromatic carboxylic acids is 2. The van der Waals surface area contributed by atoms with Crippen LogP contribution < -0.4 is 0 Å². The van der Waals surface area contributed by atoms with Crippen LogP contribution in [-0.2, 0) is 0 Å². The smallest absolute Gasteiger partial charge is 0.352 e. The molecule has 9 nitrogen and oxygen atoms in total. The summed E-state index contributed by atoms with van der Waals surface area (Å²) in [7, 11) is 0. The van der Waals surface area contributed by atoms with Gasteiger partial charge in [0.2, 0.25) is 0 Å². The third-order valence-corrected chi connectivity index (χ3v) is 4.80. The lowest BCUT2D eigenvalue weighted by atomic mass is 10.0. The Bertz CT molecular complexity index is 1520. The molecule has 0 radical (unpaired) electrons. The zero-order valence-corrected chi connectivity index (χ0v) is 15.6. The second-order valence-corrected chi connectivity index (χ2v) is 6.76. The highest BCUT2D eigenvalue weighted by atomic mass is 19.1. The van der Waals surface area contributed by atoms with Crippen molar-refractivity contribution in [3.8, 4) is 16.9 Å². The van der Waals surface area contributed by atoms with Gasteiger partial charge in [0, 0.05) is 23.2 Å². The van der Waals surface area contributed by atoms with Gasteiger partial charge in [-0.05, 0) is 36.4 Å². The summed E-state index contributed by atoms with van der Waals surface area (Å²) in [5, 5.41) is 27.9.